The van der Waals surface area contributed by atoms with Crippen molar-refractivity contribution in [3.05, 3.63) is 114 Å². The zero-order valence-corrected chi connectivity index (χ0v) is 19.3. The molecule has 0 saturated heterocycles. The number of hydrogen-bond acceptors (Lipinski definition) is 6. The summed E-state index contributed by atoms with van der Waals surface area (Å²) in [5, 5.41) is 19.9. The number of fused-ring (bicyclic) bond motifs is 4. The van der Waals surface area contributed by atoms with E-state index >= 15 is 0 Å². The second-order valence-corrected chi connectivity index (χ2v) is 8.68. The molecule has 0 fully saturated rings. The van der Waals surface area contributed by atoms with E-state index in [1.807, 2.05) is 66.2 Å². The van der Waals surface area contributed by atoms with Crippen LogP contribution in [-0.4, -0.2) is 34.5 Å². The maximum atomic E-state index is 10.4. The van der Waals surface area contributed by atoms with E-state index in [9.17, 15) is 5.11 Å². The van der Waals surface area contributed by atoms with Crippen molar-refractivity contribution >= 4 is 5.65 Å². The maximum absolute atomic E-state index is 10.4. The predicted octanol–water partition coefficient (Wildman–Crippen LogP) is 5.28. The second-order valence-electron chi connectivity index (χ2n) is 8.68. The molecule has 0 unspecified atom stereocenters. The first-order valence-electron chi connectivity index (χ1n) is 11.6. The zero-order chi connectivity index (χ0) is 24.2. The fourth-order valence-corrected chi connectivity index (χ4v) is 4.88. The highest BCUT2D eigenvalue weighted by Crippen LogP contribution is 2.49. The summed E-state index contributed by atoms with van der Waals surface area (Å²) >= 11 is 0. The Labute approximate surface area is 206 Å². The third-order valence-electron chi connectivity index (χ3n) is 6.50. The van der Waals surface area contributed by atoms with Crippen molar-refractivity contribution in [2.24, 2.45) is 0 Å². The minimum Gasteiger partial charge on any atom is -0.507 e. The fraction of sp³-hybridized carbons (Fsp3) is 0.0714. The van der Waals surface area contributed by atoms with Gasteiger partial charge in [0.1, 0.15) is 12.1 Å². The number of para-hydroxylation sites is 2. The summed E-state index contributed by atoms with van der Waals surface area (Å²) < 4.78 is 9.91. The Hall–Kier alpha value is -4.98. The lowest BCUT2D eigenvalue weighted by atomic mass is 9.84. The second kappa shape index (κ2) is 7.78. The summed E-state index contributed by atoms with van der Waals surface area (Å²) in [6.45, 7) is 1.99. The Morgan fingerprint density at radius 2 is 1.56 bits per heavy atom. The van der Waals surface area contributed by atoms with Crippen molar-refractivity contribution in [2.75, 3.05) is 0 Å². The highest BCUT2D eigenvalue weighted by atomic mass is 16.5. The van der Waals surface area contributed by atoms with Crippen LogP contribution in [0.4, 0.5) is 0 Å². The van der Waals surface area contributed by atoms with Crippen LogP contribution in [0.5, 0.6) is 17.5 Å². The summed E-state index contributed by atoms with van der Waals surface area (Å²) in [4.78, 5) is 9.48. The molecule has 8 heteroatoms. The number of phenolic OH excluding ortho intramolecular Hbond substituents is 1. The molecule has 1 aliphatic heterocycles. The molecule has 1 N–H and O–H groups in total. The van der Waals surface area contributed by atoms with E-state index in [0.29, 0.717) is 28.8 Å². The number of rotatable bonds is 3. The van der Waals surface area contributed by atoms with Crippen LogP contribution >= 0.6 is 0 Å². The monoisotopic (exact) mass is 472 g/mol. The van der Waals surface area contributed by atoms with Crippen molar-refractivity contribution in [1.82, 2.24) is 29.4 Å². The Morgan fingerprint density at radius 3 is 2.33 bits per heavy atom. The van der Waals surface area contributed by atoms with Crippen molar-refractivity contribution in [1.29, 1.82) is 0 Å². The molecule has 0 spiro atoms. The summed E-state index contributed by atoms with van der Waals surface area (Å²) in [5.74, 6) is 1.40. The average molecular weight is 473 g/mol. The van der Waals surface area contributed by atoms with Crippen molar-refractivity contribution in [3.8, 4) is 34.6 Å². The average Bonchev–Trinajstić information content (AvgIpc) is 3.50. The number of aromatic nitrogens is 6. The first kappa shape index (κ1) is 20.4. The molecule has 0 aliphatic carbocycles. The molecule has 3 aromatic carbocycles. The van der Waals surface area contributed by atoms with E-state index in [-0.39, 0.29) is 11.7 Å². The van der Waals surface area contributed by atoms with Crippen LogP contribution in [0.1, 0.15) is 28.3 Å². The highest BCUT2D eigenvalue weighted by molar-refractivity contribution is 5.70. The maximum Gasteiger partial charge on any atom is 0.230 e. The smallest absolute Gasteiger partial charge is 0.230 e. The van der Waals surface area contributed by atoms with Crippen LogP contribution < -0.4 is 4.74 Å². The van der Waals surface area contributed by atoms with Gasteiger partial charge in [-0.1, -0.05) is 60.7 Å². The molecule has 0 amide bonds. The van der Waals surface area contributed by atoms with Gasteiger partial charge in [0.05, 0.1) is 34.0 Å². The molecule has 1 aliphatic rings. The number of aryl methyl sites for hydroxylation is 1. The van der Waals surface area contributed by atoms with Crippen LogP contribution in [0.3, 0.4) is 0 Å². The molecule has 3 aromatic heterocycles. The zero-order valence-electron chi connectivity index (χ0n) is 19.3. The number of benzene rings is 3. The Bertz CT molecular complexity index is 1740. The lowest BCUT2D eigenvalue weighted by Crippen LogP contribution is -2.16. The predicted molar refractivity (Wildman–Crippen MR) is 134 cm³/mol. The molecule has 1 atom stereocenters. The molecule has 4 heterocycles. The third kappa shape index (κ3) is 3.01. The SMILES string of the molecule is Cc1nn(-c2ccccc2)c2c1[C@H](c1ccccc1)c1c(ncn3nc(-c4ccccc4O)nc13)O2. The minimum atomic E-state index is -0.222. The van der Waals surface area contributed by atoms with Gasteiger partial charge in [0.15, 0.2) is 11.5 Å². The van der Waals surface area contributed by atoms with Gasteiger partial charge in [0.25, 0.3) is 0 Å². The summed E-state index contributed by atoms with van der Waals surface area (Å²) in [6.07, 6.45) is 1.59. The van der Waals surface area contributed by atoms with Gasteiger partial charge in [-0.2, -0.15) is 5.10 Å². The Morgan fingerprint density at radius 1 is 0.833 bits per heavy atom. The van der Waals surface area contributed by atoms with Crippen molar-refractivity contribution < 1.29 is 9.84 Å². The van der Waals surface area contributed by atoms with Crippen LogP contribution in [-0.2, 0) is 0 Å². The number of phenols is 1. The first-order valence-corrected chi connectivity index (χ1v) is 11.6. The molecule has 0 radical (unpaired) electrons. The van der Waals surface area contributed by atoms with E-state index in [0.717, 1.165) is 28.1 Å². The van der Waals surface area contributed by atoms with Crippen LogP contribution in [0.2, 0.25) is 0 Å². The summed E-state index contributed by atoms with van der Waals surface area (Å²) in [7, 11) is 0. The first-order chi connectivity index (χ1) is 17.7. The Kier molecular flexibility index (Phi) is 4.41. The minimum absolute atomic E-state index is 0.119. The van der Waals surface area contributed by atoms with Crippen molar-refractivity contribution in [3.63, 3.8) is 0 Å². The van der Waals surface area contributed by atoms with E-state index in [1.54, 1.807) is 29.0 Å². The molecule has 0 saturated carbocycles. The number of nitrogens with zero attached hydrogens (tertiary/aromatic N) is 6. The van der Waals surface area contributed by atoms with Gasteiger partial charge in [-0.3, -0.25) is 0 Å². The lowest BCUT2D eigenvalue weighted by molar-refractivity contribution is 0.402. The topological polar surface area (TPSA) is 90.4 Å². The van der Waals surface area contributed by atoms with Gasteiger partial charge in [-0.05, 0) is 36.8 Å². The van der Waals surface area contributed by atoms with Crippen LogP contribution in [0.25, 0.3) is 22.7 Å². The molecule has 8 nitrogen and oxygen atoms in total. The summed E-state index contributed by atoms with van der Waals surface area (Å²) in [5.41, 5.74) is 5.77. The Balaban J connectivity index is 1.50. The normalized spacial score (nSPS) is 14.3. The van der Waals surface area contributed by atoms with E-state index in [4.69, 9.17) is 14.8 Å². The van der Waals surface area contributed by atoms with Gasteiger partial charge in [-0.15, -0.1) is 5.10 Å². The van der Waals surface area contributed by atoms with Gasteiger partial charge in [-0.25, -0.2) is 19.2 Å². The molecular formula is C28H20N6O2. The van der Waals surface area contributed by atoms with E-state index < -0.39 is 0 Å². The molecule has 36 heavy (non-hydrogen) atoms. The van der Waals surface area contributed by atoms with Gasteiger partial charge < -0.3 is 9.84 Å². The van der Waals surface area contributed by atoms with Crippen LogP contribution in [0.15, 0.2) is 91.3 Å². The number of ether oxygens (including phenoxy) is 1. The standard InChI is InChI=1S/C28H20N6O2/c1-17-22-23(18-10-4-2-5-11-18)24-26-30-25(20-14-8-9-15-21(20)35)32-33(26)16-29-27(24)36-28(22)34(31-17)19-12-6-3-7-13-19/h2-16,23,35H,1H3/t23-/m0/s1. The molecule has 6 aromatic rings. The van der Waals surface area contributed by atoms with Gasteiger partial charge >= 0.3 is 0 Å². The fourth-order valence-electron chi connectivity index (χ4n) is 4.88. The quantitative estimate of drug-likeness (QED) is 0.376. The number of hydrogen-bond donors (Lipinski definition) is 1. The largest absolute Gasteiger partial charge is 0.507 e. The lowest BCUT2D eigenvalue weighted by Gasteiger charge is -2.26. The molecular weight excluding hydrogens is 452 g/mol. The summed E-state index contributed by atoms with van der Waals surface area (Å²) in [6, 6.07) is 27.2. The van der Waals surface area contributed by atoms with Crippen LogP contribution in [0, 0.1) is 6.92 Å². The molecule has 0 bridgehead atoms. The highest BCUT2D eigenvalue weighted by Gasteiger charge is 2.38. The van der Waals surface area contributed by atoms with E-state index in [2.05, 4.69) is 22.2 Å². The van der Waals surface area contributed by atoms with E-state index in [1.165, 1.54) is 0 Å². The molecule has 174 valence electrons. The van der Waals surface area contributed by atoms with Gasteiger partial charge in [0, 0.05) is 0 Å². The number of aromatic hydroxyl groups is 1. The third-order valence-corrected chi connectivity index (χ3v) is 6.50. The van der Waals surface area contributed by atoms with Gasteiger partial charge in [0.2, 0.25) is 11.8 Å². The molecule has 7 rings (SSSR count). The van der Waals surface area contributed by atoms with Crippen molar-refractivity contribution in [2.45, 2.75) is 12.8 Å².